The minimum absolute atomic E-state index is 0.140. The predicted octanol–water partition coefficient (Wildman–Crippen LogP) is 0.876. The molecule has 0 radical (unpaired) electrons. The molecular weight excluding hydrogens is 206 g/mol. The zero-order chi connectivity index (χ0) is 10.1. The molecule has 1 aliphatic carbocycles. The molecule has 0 bridgehead atoms. The van der Waals surface area contributed by atoms with E-state index in [0.29, 0.717) is 11.4 Å². The van der Waals surface area contributed by atoms with Crippen LogP contribution in [0, 0.1) is 5.92 Å². The van der Waals surface area contributed by atoms with E-state index in [1.54, 1.807) is 6.92 Å². The van der Waals surface area contributed by atoms with Gasteiger partial charge in [0.25, 0.3) is 0 Å². The molecule has 76 valence electrons. The Hall–Kier alpha value is -0.160. The molecule has 0 aromatic heterocycles. The lowest BCUT2D eigenvalue weighted by atomic mass is 10.1. The van der Waals surface area contributed by atoms with E-state index in [2.05, 4.69) is 0 Å². The predicted molar refractivity (Wildman–Crippen MR) is 57.4 cm³/mol. The minimum Gasteiger partial charge on any atom is -0.393 e. The zero-order valence-electron chi connectivity index (χ0n) is 7.69. The van der Waals surface area contributed by atoms with Crippen molar-refractivity contribution in [2.45, 2.75) is 31.4 Å². The van der Waals surface area contributed by atoms with E-state index < -0.39 is 9.84 Å². The highest BCUT2D eigenvalue weighted by Gasteiger charge is 2.33. The van der Waals surface area contributed by atoms with Gasteiger partial charge in [-0.2, -0.15) is 0 Å². The molecule has 0 amide bonds. The van der Waals surface area contributed by atoms with Gasteiger partial charge in [-0.25, -0.2) is 8.42 Å². The average Bonchev–Trinajstić information content (AvgIpc) is 2.52. The zero-order valence-corrected chi connectivity index (χ0v) is 9.33. The third-order valence-corrected chi connectivity index (χ3v) is 5.28. The standard InChI is InChI=1S/C8H15NO2S2/c1-2-13(10,11)7-4-3-6(5-7)8(9)12/h6-7H,2-5H2,1H3,(H2,9,12)/t6-,7+/m0/s1. The van der Waals surface area contributed by atoms with E-state index >= 15 is 0 Å². The van der Waals surface area contributed by atoms with Gasteiger partial charge in [-0.15, -0.1) is 0 Å². The number of thiocarbonyl (C=S) groups is 1. The highest BCUT2D eigenvalue weighted by molar-refractivity contribution is 7.92. The van der Waals surface area contributed by atoms with Crippen molar-refractivity contribution in [3.05, 3.63) is 0 Å². The summed E-state index contributed by atoms with van der Waals surface area (Å²) in [7, 11) is -2.88. The van der Waals surface area contributed by atoms with Crippen LogP contribution in [0.4, 0.5) is 0 Å². The van der Waals surface area contributed by atoms with Crippen LogP contribution < -0.4 is 5.73 Å². The highest BCUT2D eigenvalue weighted by atomic mass is 32.2. The maximum absolute atomic E-state index is 11.5. The lowest BCUT2D eigenvalue weighted by Crippen LogP contribution is -2.23. The second-order valence-electron chi connectivity index (χ2n) is 3.49. The van der Waals surface area contributed by atoms with Crippen molar-refractivity contribution in [2.24, 2.45) is 11.7 Å². The number of hydrogen-bond acceptors (Lipinski definition) is 3. The molecule has 0 saturated heterocycles. The summed E-state index contributed by atoms with van der Waals surface area (Å²) in [6.07, 6.45) is 2.18. The average molecular weight is 221 g/mol. The molecule has 0 heterocycles. The summed E-state index contributed by atoms with van der Waals surface area (Å²) in [6.45, 7) is 1.68. The number of rotatable bonds is 3. The molecule has 0 unspecified atom stereocenters. The Morgan fingerprint density at radius 1 is 1.54 bits per heavy atom. The summed E-state index contributed by atoms with van der Waals surface area (Å²) < 4.78 is 23.0. The molecule has 5 heteroatoms. The quantitative estimate of drug-likeness (QED) is 0.719. The van der Waals surface area contributed by atoms with E-state index in [0.717, 1.165) is 12.8 Å². The van der Waals surface area contributed by atoms with Gasteiger partial charge < -0.3 is 5.73 Å². The SMILES string of the molecule is CCS(=O)(=O)[C@@H]1CC[C@H](C(N)=S)C1. The van der Waals surface area contributed by atoms with Crippen molar-refractivity contribution < 1.29 is 8.42 Å². The monoisotopic (exact) mass is 221 g/mol. The maximum atomic E-state index is 11.5. The van der Waals surface area contributed by atoms with Crippen LogP contribution in [0.1, 0.15) is 26.2 Å². The minimum atomic E-state index is -2.88. The fraction of sp³-hybridized carbons (Fsp3) is 0.875. The smallest absolute Gasteiger partial charge is 0.152 e. The third-order valence-electron chi connectivity index (χ3n) is 2.70. The van der Waals surface area contributed by atoms with Crippen molar-refractivity contribution in [2.75, 3.05) is 5.75 Å². The molecule has 1 aliphatic rings. The van der Waals surface area contributed by atoms with Crippen LogP contribution in [0.25, 0.3) is 0 Å². The first-order valence-corrected chi connectivity index (χ1v) is 6.60. The summed E-state index contributed by atoms with van der Waals surface area (Å²) >= 11 is 4.85. The Bertz CT molecular complexity index is 297. The Balaban J connectivity index is 2.65. The van der Waals surface area contributed by atoms with Gasteiger partial charge >= 0.3 is 0 Å². The van der Waals surface area contributed by atoms with Gasteiger partial charge in [0, 0.05) is 11.7 Å². The van der Waals surface area contributed by atoms with E-state index in [9.17, 15) is 8.42 Å². The van der Waals surface area contributed by atoms with Crippen LogP contribution in [0.5, 0.6) is 0 Å². The molecule has 2 N–H and O–H groups in total. The Kier molecular flexibility index (Phi) is 3.29. The normalized spacial score (nSPS) is 29.0. The Morgan fingerprint density at radius 3 is 2.54 bits per heavy atom. The fourth-order valence-corrected chi connectivity index (χ4v) is 3.47. The summed E-state index contributed by atoms with van der Waals surface area (Å²) in [4.78, 5) is 0.466. The van der Waals surface area contributed by atoms with Gasteiger partial charge in [-0.05, 0) is 19.3 Å². The van der Waals surface area contributed by atoms with Crippen LogP contribution in [0.2, 0.25) is 0 Å². The lowest BCUT2D eigenvalue weighted by Gasteiger charge is -2.09. The second kappa shape index (κ2) is 3.92. The topological polar surface area (TPSA) is 60.2 Å². The Morgan fingerprint density at radius 2 is 2.15 bits per heavy atom. The van der Waals surface area contributed by atoms with Crippen molar-refractivity contribution >= 4 is 27.0 Å². The van der Waals surface area contributed by atoms with Gasteiger partial charge in [0.1, 0.15) is 0 Å². The molecule has 1 fully saturated rings. The Labute approximate surface area is 84.6 Å². The summed E-state index contributed by atoms with van der Waals surface area (Å²) in [5.41, 5.74) is 5.48. The van der Waals surface area contributed by atoms with Crippen molar-refractivity contribution in [1.29, 1.82) is 0 Å². The van der Waals surface area contributed by atoms with Crippen molar-refractivity contribution in [3.63, 3.8) is 0 Å². The van der Waals surface area contributed by atoms with Crippen LogP contribution >= 0.6 is 12.2 Å². The molecule has 0 aliphatic heterocycles. The summed E-state index contributed by atoms with van der Waals surface area (Å²) in [6, 6.07) is 0. The molecule has 0 aromatic carbocycles. The van der Waals surface area contributed by atoms with E-state index in [1.807, 2.05) is 0 Å². The fourth-order valence-electron chi connectivity index (χ4n) is 1.76. The molecule has 0 spiro atoms. The molecule has 0 aromatic rings. The van der Waals surface area contributed by atoms with Crippen LogP contribution in [-0.4, -0.2) is 24.4 Å². The van der Waals surface area contributed by atoms with Gasteiger partial charge in [-0.1, -0.05) is 19.1 Å². The third kappa shape index (κ3) is 2.40. The van der Waals surface area contributed by atoms with Crippen molar-refractivity contribution in [3.8, 4) is 0 Å². The molecular formula is C8H15NO2S2. The molecule has 1 rings (SSSR count). The van der Waals surface area contributed by atoms with Gasteiger partial charge in [0.2, 0.25) is 0 Å². The summed E-state index contributed by atoms with van der Waals surface area (Å²) in [5.74, 6) is 0.364. The van der Waals surface area contributed by atoms with E-state index in [4.69, 9.17) is 18.0 Å². The first-order chi connectivity index (χ1) is 5.97. The molecule has 2 atom stereocenters. The molecule has 3 nitrogen and oxygen atoms in total. The van der Waals surface area contributed by atoms with Crippen LogP contribution in [0.15, 0.2) is 0 Å². The highest BCUT2D eigenvalue weighted by Crippen LogP contribution is 2.30. The van der Waals surface area contributed by atoms with Crippen molar-refractivity contribution in [1.82, 2.24) is 0 Å². The number of nitrogens with two attached hydrogens (primary N) is 1. The summed E-state index contributed by atoms with van der Waals surface area (Å²) in [5, 5.41) is -0.205. The molecule has 13 heavy (non-hydrogen) atoms. The van der Waals surface area contributed by atoms with Crippen LogP contribution in [0.3, 0.4) is 0 Å². The first-order valence-electron chi connectivity index (χ1n) is 4.48. The second-order valence-corrected chi connectivity index (χ2v) is 6.53. The van der Waals surface area contributed by atoms with E-state index in [-0.39, 0.29) is 16.9 Å². The van der Waals surface area contributed by atoms with Gasteiger partial charge in [-0.3, -0.25) is 0 Å². The number of sulfone groups is 1. The van der Waals surface area contributed by atoms with E-state index in [1.165, 1.54) is 0 Å². The van der Waals surface area contributed by atoms with Crippen LogP contribution in [-0.2, 0) is 9.84 Å². The lowest BCUT2D eigenvalue weighted by molar-refractivity contribution is 0.579. The van der Waals surface area contributed by atoms with Gasteiger partial charge in [0.05, 0.1) is 10.2 Å². The number of hydrogen-bond donors (Lipinski definition) is 1. The molecule has 1 saturated carbocycles. The largest absolute Gasteiger partial charge is 0.393 e. The maximum Gasteiger partial charge on any atom is 0.152 e. The van der Waals surface area contributed by atoms with Gasteiger partial charge in [0.15, 0.2) is 9.84 Å². The first kappa shape index (κ1) is 10.9.